The number of amides is 2. The smallest absolute Gasteiger partial charge is 0.224 e. The van der Waals surface area contributed by atoms with Crippen LogP contribution in [0.5, 0.6) is 0 Å². The van der Waals surface area contributed by atoms with Gasteiger partial charge in [0, 0.05) is 18.7 Å². The van der Waals surface area contributed by atoms with Gasteiger partial charge in [0.1, 0.15) is 0 Å². The van der Waals surface area contributed by atoms with Crippen LogP contribution in [-0.2, 0) is 16.0 Å². The minimum absolute atomic E-state index is 0.0878. The Hall–Kier alpha value is -1.84. The fourth-order valence-electron chi connectivity index (χ4n) is 4.41. The average Bonchev–Trinajstić information content (AvgIpc) is 3.11. The molecule has 0 aliphatic heterocycles. The first-order chi connectivity index (χ1) is 11.0. The maximum atomic E-state index is 12.3. The van der Waals surface area contributed by atoms with E-state index in [4.69, 9.17) is 0 Å². The summed E-state index contributed by atoms with van der Waals surface area (Å²) in [5.41, 5.74) is 1.73. The van der Waals surface area contributed by atoms with Crippen molar-refractivity contribution in [1.82, 2.24) is 5.32 Å². The molecule has 2 bridgehead atoms. The Bertz CT molecular complexity index is 582. The first-order valence-corrected chi connectivity index (χ1v) is 8.67. The molecule has 2 aliphatic carbocycles. The third-order valence-electron chi connectivity index (χ3n) is 5.46. The molecule has 23 heavy (non-hydrogen) atoms. The highest BCUT2D eigenvalue weighted by Gasteiger charge is 2.42. The zero-order chi connectivity index (χ0) is 16.4. The van der Waals surface area contributed by atoms with Crippen molar-refractivity contribution in [2.24, 2.45) is 17.8 Å². The van der Waals surface area contributed by atoms with Crippen LogP contribution < -0.4 is 10.6 Å². The van der Waals surface area contributed by atoms with Crippen LogP contribution in [0.2, 0.25) is 0 Å². The van der Waals surface area contributed by atoms with Crippen LogP contribution in [0.15, 0.2) is 24.3 Å². The lowest BCUT2D eigenvalue weighted by molar-refractivity contribution is -0.121. The van der Waals surface area contributed by atoms with Gasteiger partial charge in [-0.15, -0.1) is 0 Å². The summed E-state index contributed by atoms with van der Waals surface area (Å²) in [4.78, 5) is 23.3. The van der Waals surface area contributed by atoms with Crippen molar-refractivity contribution in [3.05, 3.63) is 29.8 Å². The largest absolute Gasteiger partial charge is 0.353 e. The number of anilines is 1. The highest BCUT2D eigenvalue weighted by Crippen LogP contribution is 2.49. The number of hydrogen-bond donors (Lipinski definition) is 2. The predicted molar refractivity (Wildman–Crippen MR) is 91.0 cm³/mol. The molecule has 2 aliphatic rings. The fraction of sp³-hybridized carbons (Fsp3) is 0.579. The van der Waals surface area contributed by atoms with Gasteiger partial charge in [-0.1, -0.05) is 18.6 Å². The number of nitrogens with one attached hydrogen (secondary N) is 2. The molecule has 0 saturated heterocycles. The number of carbonyl (C=O) groups is 2. The second-order valence-corrected chi connectivity index (χ2v) is 7.25. The van der Waals surface area contributed by atoms with Gasteiger partial charge < -0.3 is 10.6 Å². The van der Waals surface area contributed by atoms with Crippen LogP contribution in [0.4, 0.5) is 5.69 Å². The van der Waals surface area contributed by atoms with Crippen molar-refractivity contribution in [3.8, 4) is 0 Å². The Morgan fingerprint density at radius 3 is 2.48 bits per heavy atom. The fourth-order valence-corrected chi connectivity index (χ4v) is 4.41. The lowest BCUT2D eigenvalue weighted by Gasteiger charge is -2.28. The van der Waals surface area contributed by atoms with Gasteiger partial charge in [0.15, 0.2) is 0 Å². The number of rotatable bonds is 5. The predicted octanol–water partition coefficient (Wildman–Crippen LogP) is 3.13. The van der Waals surface area contributed by atoms with Crippen molar-refractivity contribution in [1.29, 1.82) is 0 Å². The summed E-state index contributed by atoms with van der Waals surface area (Å²) in [7, 11) is 0. The summed E-state index contributed by atoms with van der Waals surface area (Å²) in [6.45, 7) is 3.64. The number of carbonyl (C=O) groups excluding carboxylic acids is 2. The minimum atomic E-state index is -0.0878. The standard InChI is InChI=1S/C19H26N2O2/c1-12(18-10-15-3-6-16(18)9-15)20-19(23)11-14-4-7-17(8-5-14)21-13(2)22/h4-5,7-8,12,15-16,18H,3,6,9-11H2,1-2H3,(H,20,23)(H,21,22)/t12-,15+,16+,18-/m1/s1. The monoisotopic (exact) mass is 314 g/mol. The van der Waals surface area contributed by atoms with Crippen molar-refractivity contribution in [2.45, 2.75) is 52.0 Å². The van der Waals surface area contributed by atoms with Crippen LogP contribution in [0.3, 0.4) is 0 Å². The van der Waals surface area contributed by atoms with Crippen LogP contribution in [-0.4, -0.2) is 17.9 Å². The third-order valence-corrected chi connectivity index (χ3v) is 5.46. The summed E-state index contributed by atoms with van der Waals surface area (Å²) in [5.74, 6) is 2.40. The number of hydrogen-bond acceptors (Lipinski definition) is 2. The first-order valence-electron chi connectivity index (χ1n) is 8.67. The Morgan fingerprint density at radius 1 is 1.17 bits per heavy atom. The van der Waals surface area contributed by atoms with Gasteiger partial charge in [-0.05, 0) is 61.6 Å². The van der Waals surface area contributed by atoms with Crippen molar-refractivity contribution >= 4 is 17.5 Å². The molecule has 2 saturated carbocycles. The Morgan fingerprint density at radius 2 is 1.91 bits per heavy atom. The molecule has 4 nitrogen and oxygen atoms in total. The topological polar surface area (TPSA) is 58.2 Å². The van der Waals surface area contributed by atoms with Gasteiger partial charge in [0.2, 0.25) is 11.8 Å². The lowest BCUT2D eigenvalue weighted by atomic mass is 9.84. The first kappa shape index (κ1) is 16.0. The summed E-state index contributed by atoms with van der Waals surface area (Å²) >= 11 is 0. The summed E-state index contributed by atoms with van der Waals surface area (Å²) in [6, 6.07) is 7.74. The maximum absolute atomic E-state index is 12.3. The zero-order valence-corrected chi connectivity index (χ0v) is 14.0. The Balaban J connectivity index is 1.50. The van der Waals surface area contributed by atoms with E-state index in [0.717, 1.165) is 23.1 Å². The second-order valence-electron chi connectivity index (χ2n) is 7.25. The average molecular weight is 314 g/mol. The zero-order valence-electron chi connectivity index (χ0n) is 14.0. The molecule has 1 aromatic carbocycles. The molecule has 4 heteroatoms. The van der Waals surface area contributed by atoms with Crippen molar-refractivity contribution in [3.63, 3.8) is 0 Å². The van der Waals surface area contributed by atoms with Crippen LogP contribution in [0.25, 0.3) is 0 Å². The van der Waals surface area contributed by atoms with E-state index in [1.165, 1.54) is 32.6 Å². The minimum Gasteiger partial charge on any atom is -0.353 e. The molecule has 0 heterocycles. The van der Waals surface area contributed by atoms with E-state index in [9.17, 15) is 9.59 Å². The summed E-state index contributed by atoms with van der Waals surface area (Å²) in [5, 5.41) is 5.92. The molecule has 124 valence electrons. The molecule has 0 aromatic heterocycles. The highest BCUT2D eigenvalue weighted by atomic mass is 16.2. The van der Waals surface area contributed by atoms with E-state index < -0.39 is 0 Å². The van der Waals surface area contributed by atoms with Crippen LogP contribution in [0.1, 0.15) is 45.1 Å². The van der Waals surface area contributed by atoms with E-state index >= 15 is 0 Å². The van der Waals surface area contributed by atoms with E-state index in [2.05, 4.69) is 17.6 Å². The molecule has 0 radical (unpaired) electrons. The molecular weight excluding hydrogens is 288 g/mol. The summed E-state index contributed by atoms with van der Waals surface area (Å²) < 4.78 is 0. The molecule has 1 aromatic rings. The normalized spacial score (nSPS) is 26.8. The number of benzene rings is 1. The molecule has 0 spiro atoms. The van der Waals surface area contributed by atoms with Gasteiger partial charge >= 0.3 is 0 Å². The summed E-state index contributed by atoms with van der Waals surface area (Å²) in [6.07, 6.45) is 5.79. The molecule has 0 unspecified atom stereocenters. The quantitative estimate of drug-likeness (QED) is 0.877. The van der Waals surface area contributed by atoms with Gasteiger partial charge in [0.05, 0.1) is 6.42 Å². The second kappa shape index (κ2) is 6.73. The van der Waals surface area contributed by atoms with Gasteiger partial charge in [-0.3, -0.25) is 9.59 Å². The number of fused-ring (bicyclic) bond motifs is 2. The van der Waals surface area contributed by atoms with Gasteiger partial charge in [0.25, 0.3) is 0 Å². The molecule has 2 amide bonds. The third kappa shape index (κ3) is 3.92. The van der Waals surface area contributed by atoms with Crippen molar-refractivity contribution in [2.75, 3.05) is 5.32 Å². The van der Waals surface area contributed by atoms with E-state index in [-0.39, 0.29) is 17.9 Å². The lowest BCUT2D eigenvalue weighted by Crippen LogP contribution is -2.40. The molecular formula is C19H26N2O2. The Labute approximate surface area is 138 Å². The van der Waals surface area contributed by atoms with Crippen molar-refractivity contribution < 1.29 is 9.59 Å². The molecule has 2 fully saturated rings. The van der Waals surface area contributed by atoms with Crippen LogP contribution in [0, 0.1) is 17.8 Å². The SMILES string of the molecule is CC(=O)Nc1ccc(CC(=O)N[C@H](C)[C@H]2C[C@H]3CC[C@H]2C3)cc1. The van der Waals surface area contributed by atoms with Crippen LogP contribution >= 0.6 is 0 Å². The highest BCUT2D eigenvalue weighted by molar-refractivity contribution is 5.88. The Kier molecular flexibility index (Phi) is 4.69. The van der Waals surface area contributed by atoms with E-state index in [1.54, 1.807) is 0 Å². The van der Waals surface area contributed by atoms with Gasteiger partial charge in [-0.2, -0.15) is 0 Å². The van der Waals surface area contributed by atoms with Gasteiger partial charge in [-0.25, -0.2) is 0 Å². The molecule has 2 N–H and O–H groups in total. The molecule has 3 rings (SSSR count). The molecule has 4 atom stereocenters. The van der Waals surface area contributed by atoms with E-state index in [0.29, 0.717) is 12.3 Å². The maximum Gasteiger partial charge on any atom is 0.224 e. The van der Waals surface area contributed by atoms with E-state index in [1.807, 2.05) is 24.3 Å².